The Labute approximate surface area is 116 Å². The van der Waals surface area contributed by atoms with Crippen LogP contribution in [0.2, 0.25) is 0 Å². The molecular formula is C14H19F2N3O. The minimum Gasteiger partial charge on any atom is -0.343 e. The molecular weight excluding hydrogens is 264 g/mol. The predicted octanol–water partition coefficient (Wildman–Crippen LogP) is 2.55. The lowest BCUT2D eigenvalue weighted by Crippen LogP contribution is -2.31. The fourth-order valence-corrected chi connectivity index (χ4v) is 3.05. The first-order valence-electron chi connectivity index (χ1n) is 6.80. The molecule has 1 aromatic rings. The van der Waals surface area contributed by atoms with Crippen LogP contribution in [0.3, 0.4) is 0 Å². The summed E-state index contributed by atoms with van der Waals surface area (Å²) in [4.78, 5) is 13.6. The number of alkyl halides is 2. The SMILES string of the molecule is CN(C)C(=O)c1nn(C(C)(C)C)c2c1[C@H]1CC1C2(F)F. The summed E-state index contributed by atoms with van der Waals surface area (Å²) in [5, 5.41) is 4.24. The van der Waals surface area contributed by atoms with Crippen LogP contribution in [0.1, 0.15) is 54.9 Å². The zero-order valence-corrected chi connectivity index (χ0v) is 12.4. The highest BCUT2D eigenvalue weighted by molar-refractivity contribution is 5.94. The van der Waals surface area contributed by atoms with E-state index in [1.165, 1.54) is 9.58 Å². The number of carbonyl (C=O) groups excluding carboxylic acids is 1. The summed E-state index contributed by atoms with van der Waals surface area (Å²) < 4.78 is 30.3. The number of aromatic nitrogens is 2. The second-order valence-corrected chi connectivity index (χ2v) is 6.96. The average Bonchev–Trinajstić information content (AvgIpc) is 2.93. The molecule has 1 amide bonds. The van der Waals surface area contributed by atoms with Crippen LogP contribution in [-0.4, -0.2) is 34.7 Å². The summed E-state index contributed by atoms with van der Waals surface area (Å²) >= 11 is 0. The number of fused-ring (bicyclic) bond motifs is 3. The Hall–Kier alpha value is -1.46. The van der Waals surface area contributed by atoms with Gasteiger partial charge < -0.3 is 4.90 Å². The van der Waals surface area contributed by atoms with Crippen LogP contribution in [0.15, 0.2) is 0 Å². The van der Waals surface area contributed by atoms with Gasteiger partial charge in [-0.25, -0.2) is 0 Å². The van der Waals surface area contributed by atoms with Gasteiger partial charge in [-0.2, -0.15) is 13.9 Å². The summed E-state index contributed by atoms with van der Waals surface area (Å²) in [7, 11) is 3.23. The van der Waals surface area contributed by atoms with Gasteiger partial charge in [0.1, 0.15) is 5.69 Å². The molecule has 2 atom stereocenters. The lowest BCUT2D eigenvalue weighted by atomic mass is 10.1. The Morgan fingerprint density at radius 3 is 2.50 bits per heavy atom. The number of hydrogen-bond acceptors (Lipinski definition) is 2. The number of rotatable bonds is 1. The lowest BCUT2D eigenvalue weighted by molar-refractivity contribution is -0.0342. The molecule has 4 nitrogen and oxygen atoms in total. The van der Waals surface area contributed by atoms with Crippen molar-refractivity contribution in [2.24, 2.45) is 5.92 Å². The Morgan fingerprint density at radius 1 is 1.40 bits per heavy atom. The highest BCUT2D eigenvalue weighted by Crippen LogP contribution is 2.68. The normalized spacial score (nSPS) is 26.1. The second-order valence-electron chi connectivity index (χ2n) is 6.96. The van der Waals surface area contributed by atoms with Crippen LogP contribution >= 0.6 is 0 Å². The van der Waals surface area contributed by atoms with Crippen LogP contribution in [-0.2, 0) is 11.5 Å². The zero-order chi connectivity index (χ0) is 15.0. The topological polar surface area (TPSA) is 38.1 Å². The maximum atomic E-state index is 14.5. The highest BCUT2D eigenvalue weighted by Gasteiger charge is 2.67. The first-order valence-corrected chi connectivity index (χ1v) is 6.80. The summed E-state index contributed by atoms with van der Waals surface area (Å²) in [6, 6.07) is 0. The van der Waals surface area contributed by atoms with E-state index in [1.807, 2.05) is 20.8 Å². The summed E-state index contributed by atoms with van der Waals surface area (Å²) in [5.41, 5.74) is 0.0597. The zero-order valence-electron chi connectivity index (χ0n) is 12.4. The number of halogens is 2. The number of hydrogen-bond donors (Lipinski definition) is 0. The Morgan fingerprint density at radius 2 is 2.00 bits per heavy atom. The van der Waals surface area contributed by atoms with E-state index in [4.69, 9.17) is 0 Å². The molecule has 0 aromatic carbocycles. The molecule has 6 heteroatoms. The van der Waals surface area contributed by atoms with Gasteiger partial charge in [0.15, 0.2) is 5.69 Å². The van der Waals surface area contributed by atoms with Crippen LogP contribution < -0.4 is 0 Å². The first kappa shape index (κ1) is 13.5. The molecule has 0 bridgehead atoms. The van der Waals surface area contributed by atoms with Crippen molar-refractivity contribution in [3.8, 4) is 0 Å². The van der Waals surface area contributed by atoms with Gasteiger partial charge in [0.05, 0.1) is 5.54 Å². The molecule has 0 saturated heterocycles. The molecule has 2 aliphatic rings. The second kappa shape index (κ2) is 3.59. The van der Waals surface area contributed by atoms with Crippen LogP contribution in [0.25, 0.3) is 0 Å². The molecule has 1 saturated carbocycles. The summed E-state index contributed by atoms with van der Waals surface area (Å²) in [6.45, 7) is 5.47. The standard InChI is InChI=1S/C14H19F2N3O/c1-13(2,3)19-11-9(7-6-8(7)14(11,15)16)10(17-19)12(20)18(4)5/h7-8H,6H2,1-5H3/t7-,8?/m0/s1. The highest BCUT2D eigenvalue weighted by atomic mass is 19.3. The van der Waals surface area contributed by atoms with Crippen molar-refractivity contribution in [2.45, 2.75) is 44.6 Å². The Bertz CT molecular complexity index is 598. The third-order valence-corrected chi connectivity index (χ3v) is 4.11. The molecule has 1 aromatic heterocycles. The van der Waals surface area contributed by atoms with E-state index in [9.17, 15) is 13.6 Å². The largest absolute Gasteiger partial charge is 0.343 e. The molecule has 0 N–H and O–H groups in total. The van der Waals surface area contributed by atoms with Gasteiger partial charge in [-0.15, -0.1) is 0 Å². The van der Waals surface area contributed by atoms with Crippen molar-refractivity contribution in [2.75, 3.05) is 14.1 Å². The minimum atomic E-state index is -2.87. The van der Waals surface area contributed by atoms with Gasteiger partial charge in [-0.3, -0.25) is 9.48 Å². The minimum absolute atomic E-state index is 0.0450. The molecule has 0 spiro atoms. The van der Waals surface area contributed by atoms with Crippen LogP contribution in [0.4, 0.5) is 8.78 Å². The van der Waals surface area contributed by atoms with Crippen molar-refractivity contribution in [1.29, 1.82) is 0 Å². The van der Waals surface area contributed by atoms with Gasteiger partial charge in [0.25, 0.3) is 11.8 Å². The fourth-order valence-electron chi connectivity index (χ4n) is 3.05. The van der Waals surface area contributed by atoms with Gasteiger partial charge >= 0.3 is 0 Å². The van der Waals surface area contributed by atoms with E-state index >= 15 is 0 Å². The molecule has 1 heterocycles. The van der Waals surface area contributed by atoms with E-state index in [0.29, 0.717) is 12.0 Å². The molecule has 3 rings (SSSR count). The maximum Gasteiger partial charge on any atom is 0.293 e. The smallest absolute Gasteiger partial charge is 0.293 e. The molecule has 20 heavy (non-hydrogen) atoms. The summed E-state index contributed by atoms with van der Waals surface area (Å²) in [5.74, 6) is -4.01. The fraction of sp³-hybridized carbons (Fsp3) is 0.714. The van der Waals surface area contributed by atoms with Gasteiger partial charge in [0.2, 0.25) is 0 Å². The molecule has 110 valence electrons. The molecule has 2 aliphatic carbocycles. The number of carbonyl (C=O) groups is 1. The third-order valence-electron chi connectivity index (χ3n) is 4.11. The molecule has 0 radical (unpaired) electrons. The van der Waals surface area contributed by atoms with E-state index < -0.39 is 17.4 Å². The van der Waals surface area contributed by atoms with E-state index in [0.717, 1.165) is 0 Å². The third kappa shape index (κ3) is 1.56. The number of amides is 1. The Kier molecular flexibility index (Phi) is 2.43. The lowest BCUT2D eigenvalue weighted by Gasteiger charge is -2.25. The quantitative estimate of drug-likeness (QED) is 0.794. The van der Waals surface area contributed by atoms with Crippen molar-refractivity contribution in [3.63, 3.8) is 0 Å². The van der Waals surface area contributed by atoms with E-state index in [-0.39, 0.29) is 23.2 Å². The number of nitrogens with zero attached hydrogens (tertiary/aromatic N) is 3. The van der Waals surface area contributed by atoms with Crippen LogP contribution in [0.5, 0.6) is 0 Å². The van der Waals surface area contributed by atoms with Crippen molar-refractivity contribution < 1.29 is 13.6 Å². The van der Waals surface area contributed by atoms with Crippen LogP contribution in [0, 0.1) is 5.92 Å². The molecule has 0 aliphatic heterocycles. The predicted molar refractivity (Wildman–Crippen MR) is 70.0 cm³/mol. The van der Waals surface area contributed by atoms with E-state index in [1.54, 1.807) is 14.1 Å². The first-order chi connectivity index (χ1) is 9.06. The Balaban J connectivity index is 2.24. The van der Waals surface area contributed by atoms with Gasteiger partial charge in [-0.1, -0.05) is 0 Å². The monoisotopic (exact) mass is 283 g/mol. The van der Waals surface area contributed by atoms with Crippen molar-refractivity contribution in [3.05, 3.63) is 17.0 Å². The molecule has 1 fully saturated rings. The van der Waals surface area contributed by atoms with Crippen molar-refractivity contribution in [1.82, 2.24) is 14.7 Å². The van der Waals surface area contributed by atoms with Gasteiger partial charge in [-0.05, 0) is 33.1 Å². The van der Waals surface area contributed by atoms with Gasteiger partial charge in [0, 0.05) is 25.6 Å². The molecule has 1 unspecified atom stereocenters. The maximum absolute atomic E-state index is 14.5. The summed E-state index contributed by atoms with van der Waals surface area (Å²) in [6.07, 6.45) is 0.462. The average molecular weight is 283 g/mol. The van der Waals surface area contributed by atoms with Crippen molar-refractivity contribution >= 4 is 5.91 Å². The van der Waals surface area contributed by atoms with E-state index in [2.05, 4.69) is 5.10 Å².